The molecular weight excluding hydrogens is 557 g/mol. The minimum Gasteiger partial charge on any atom is -0.339 e. The van der Waals surface area contributed by atoms with Crippen molar-refractivity contribution in [1.29, 1.82) is 0 Å². The average Bonchev–Trinajstić information content (AvgIpc) is 3.41. The third-order valence-corrected chi connectivity index (χ3v) is 10.1. The fourth-order valence-corrected chi connectivity index (χ4v) is 7.42. The molecule has 1 saturated heterocycles. The number of hydrogen-bond acceptors (Lipinski definition) is 5. The maximum Gasteiger partial charge on any atom is 0.243 e. The number of benzene rings is 3. The Balaban J connectivity index is 1.26. The summed E-state index contributed by atoms with van der Waals surface area (Å²) in [5.74, 6) is -0.106. The maximum absolute atomic E-state index is 14.0. The van der Waals surface area contributed by atoms with Crippen LogP contribution in [0.25, 0.3) is 10.8 Å². The highest BCUT2D eigenvalue weighted by Gasteiger charge is 2.41. The Hall–Kier alpha value is -3.24. The number of carbonyl (C=O) groups is 1. The molecule has 0 spiro atoms. The highest BCUT2D eigenvalue weighted by molar-refractivity contribution is 7.89. The summed E-state index contributed by atoms with van der Waals surface area (Å²) in [5.41, 5.74) is 1.45. The summed E-state index contributed by atoms with van der Waals surface area (Å²) in [6, 6.07) is 19.4. The number of amides is 1. The van der Waals surface area contributed by atoms with Crippen molar-refractivity contribution in [3.8, 4) is 0 Å². The molecular formula is C28H25Cl2N5O3S. The van der Waals surface area contributed by atoms with Gasteiger partial charge in [0.15, 0.2) is 5.82 Å². The third kappa shape index (κ3) is 4.53. The zero-order valence-corrected chi connectivity index (χ0v) is 23.4. The van der Waals surface area contributed by atoms with Crippen LogP contribution in [0.3, 0.4) is 0 Å². The van der Waals surface area contributed by atoms with Gasteiger partial charge in [-0.25, -0.2) is 18.1 Å². The summed E-state index contributed by atoms with van der Waals surface area (Å²) >= 11 is 12.5. The predicted molar refractivity (Wildman–Crippen MR) is 152 cm³/mol. The number of carbonyl (C=O) groups excluding carboxylic acids is 1. The summed E-state index contributed by atoms with van der Waals surface area (Å²) < 4.78 is 30.4. The van der Waals surface area contributed by atoms with Crippen molar-refractivity contribution in [1.82, 2.24) is 19.0 Å². The lowest BCUT2D eigenvalue weighted by molar-refractivity contribution is -0.135. The molecule has 1 fully saturated rings. The van der Waals surface area contributed by atoms with Crippen LogP contribution < -0.4 is 0 Å². The Kier molecular flexibility index (Phi) is 6.71. The quantitative estimate of drug-likeness (QED) is 0.332. The monoisotopic (exact) mass is 581 g/mol. The van der Waals surface area contributed by atoms with Crippen LogP contribution in [-0.4, -0.2) is 65.2 Å². The van der Waals surface area contributed by atoms with Gasteiger partial charge in [-0.1, -0.05) is 65.7 Å². The lowest BCUT2D eigenvalue weighted by atomic mass is 9.87. The Labute approximate surface area is 236 Å². The van der Waals surface area contributed by atoms with Crippen molar-refractivity contribution in [2.75, 3.05) is 26.2 Å². The van der Waals surface area contributed by atoms with Crippen LogP contribution in [0.15, 0.2) is 82.8 Å². The topological polar surface area (TPSA) is 87.9 Å². The lowest BCUT2D eigenvalue weighted by Crippen LogP contribution is -2.54. The minimum absolute atomic E-state index is 0.129. The molecule has 2 aliphatic heterocycles. The highest BCUT2D eigenvalue weighted by atomic mass is 35.5. The molecule has 2 atom stereocenters. The first-order chi connectivity index (χ1) is 18.8. The first kappa shape index (κ1) is 26.0. The highest BCUT2D eigenvalue weighted by Crippen LogP contribution is 2.39. The second-order valence-electron chi connectivity index (χ2n) is 9.69. The second kappa shape index (κ2) is 10.1. The number of aromatic nitrogens is 2. The van der Waals surface area contributed by atoms with Gasteiger partial charge in [-0.2, -0.15) is 9.40 Å². The van der Waals surface area contributed by atoms with E-state index in [1.165, 1.54) is 4.31 Å². The number of nitrogens with zero attached hydrogens (tertiary/aromatic N) is 5. The maximum atomic E-state index is 14.0. The van der Waals surface area contributed by atoms with E-state index >= 15 is 0 Å². The molecule has 0 saturated carbocycles. The van der Waals surface area contributed by atoms with Crippen LogP contribution in [0.1, 0.15) is 18.5 Å². The summed E-state index contributed by atoms with van der Waals surface area (Å²) in [4.78, 5) is 20.7. The van der Waals surface area contributed by atoms with Crippen LogP contribution in [0.5, 0.6) is 0 Å². The number of rotatable bonds is 4. The first-order valence-electron chi connectivity index (χ1n) is 12.6. The molecule has 1 aromatic heterocycles. The molecule has 0 N–H and O–H groups in total. The van der Waals surface area contributed by atoms with E-state index in [0.717, 1.165) is 10.9 Å². The van der Waals surface area contributed by atoms with Gasteiger partial charge in [-0.15, -0.1) is 0 Å². The van der Waals surface area contributed by atoms with Crippen molar-refractivity contribution in [2.24, 2.45) is 10.9 Å². The smallest absolute Gasteiger partial charge is 0.243 e. The van der Waals surface area contributed by atoms with E-state index in [0.29, 0.717) is 27.0 Å². The van der Waals surface area contributed by atoms with E-state index in [1.807, 2.05) is 43.3 Å². The van der Waals surface area contributed by atoms with E-state index in [-0.39, 0.29) is 37.0 Å². The third-order valence-electron chi connectivity index (χ3n) is 7.44. The summed E-state index contributed by atoms with van der Waals surface area (Å²) in [6.07, 6.45) is 1.65. The van der Waals surface area contributed by atoms with Crippen LogP contribution >= 0.6 is 23.2 Å². The van der Waals surface area contributed by atoms with Gasteiger partial charge in [0.2, 0.25) is 15.9 Å². The van der Waals surface area contributed by atoms with Crippen molar-refractivity contribution in [3.63, 3.8) is 0 Å². The average molecular weight is 583 g/mol. The molecule has 4 aromatic rings. The van der Waals surface area contributed by atoms with Gasteiger partial charge in [0.1, 0.15) is 5.92 Å². The van der Waals surface area contributed by atoms with Gasteiger partial charge in [0.25, 0.3) is 0 Å². The molecule has 2 aliphatic rings. The van der Waals surface area contributed by atoms with Gasteiger partial charge in [-0.3, -0.25) is 4.79 Å². The molecule has 0 aliphatic carbocycles. The van der Waals surface area contributed by atoms with E-state index in [2.05, 4.69) is 10.1 Å². The molecule has 1 amide bonds. The normalized spacial score (nSPS) is 20.1. The van der Waals surface area contributed by atoms with Crippen LogP contribution in [0.4, 0.5) is 5.82 Å². The van der Waals surface area contributed by atoms with E-state index in [9.17, 15) is 13.2 Å². The molecule has 11 heteroatoms. The molecule has 3 aromatic carbocycles. The van der Waals surface area contributed by atoms with Gasteiger partial charge >= 0.3 is 0 Å². The van der Waals surface area contributed by atoms with Crippen molar-refractivity contribution < 1.29 is 13.2 Å². The Bertz CT molecular complexity index is 1720. The van der Waals surface area contributed by atoms with Gasteiger partial charge in [0.05, 0.1) is 27.2 Å². The Morgan fingerprint density at radius 3 is 2.44 bits per heavy atom. The number of fused-ring (bicyclic) bond motifs is 2. The van der Waals surface area contributed by atoms with Gasteiger partial charge < -0.3 is 4.90 Å². The standard InChI is InChI=1S/C28H25Cl2N5O3S/c1-18-26(27(35-25(32-18)11-12-31-35)20-9-10-22(29)23(30)17-20)28(36)33-13-15-34(16-14-33)39(37,38)24-8-4-6-19-5-2-3-7-21(19)24/h2-12,17,26-27H,13-16H2,1H3. The molecule has 0 radical (unpaired) electrons. The molecule has 200 valence electrons. The van der Waals surface area contributed by atoms with Crippen LogP contribution in [0.2, 0.25) is 10.0 Å². The van der Waals surface area contributed by atoms with E-state index < -0.39 is 22.0 Å². The SMILES string of the molecule is CC1=Nc2ccnn2C(c2ccc(Cl)c(Cl)c2)C1C(=O)N1CCN(S(=O)(=O)c2cccc3ccccc23)CC1. The number of sulfonamides is 1. The molecule has 39 heavy (non-hydrogen) atoms. The first-order valence-corrected chi connectivity index (χ1v) is 14.8. The predicted octanol–water partition coefficient (Wildman–Crippen LogP) is 5.19. The lowest BCUT2D eigenvalue weighted by Gasteiger charge is -2.38. The molecule has 2 unspecified atom stereocenters. The molecule has 0 bridgehead atoms. The minimum atomic E-state index is -3.74. The van der Waals surface area contributed by atoms with Crippen LogP contribution in [-0.2, 0) is 14.8 Å². The van der Waals surface area contributed by atoms with Gasteiger partial charge in [0, 0.05) is 43.3 Å². The Morgan fingerprint density at radius 2 is 1.67 bits per heavy atom. The summed E-state index contributed by atoms with van der Waals surface area (Å²) in [7, 11) is -3.74. The zero-order valence-electron chi connectivity index (χ0n) is 21.0. The van der Waals surface area contributed by atoms with E-state index in [4.69, 9.17) is 23.2 Å². The molecule has 3 heterocycles. The Morgan fingerprint density at radius 1 is 0.923 bits per heavy atom. The zero-order chi connectivity index (χ0) is 27.3. The number of aliphatic imine (C=N–C) groups is 1. The largest absolute Gasteiger partial charge is 0.339 e. The van der Waals surface area contributed by atoms with Crippen molar-refractivity contribution in [3.05, 3.63) is 88.5 Å². The number of hydrogen-bond donors (Lipinski definition) is 0. The van der Waals surface area contributed by atoms with Crippen LogP contribution in [0, 0.1) is 5.92 Å². The summed E-state index contributed by atoms with van der Waals surface area (Å²) in [5, 5.41) is 6.83. The summed E-state index contributed by atoms with van der Waals surface area (Å²) in [6.45, 7) is 2.78. The van der Waals surface area contributed by atoms with E-state index in [1.54, 1.807) is 46.1 Å². The van der Waals surface area contributed by atoms with Gasteiger partial charge in [-0.05, 0) is 36.1 Å². The second-order valence-corrected chi connectivity index (χ2v) is 12.4. The fourth-order valence-electron chi connectivity index (χ4n) is 5.48. The molecule has 6 rings (SSSR count). The van der Waals surface area contributed by atoms with Crippen molar-refractivity contribution in [2.45, 2.75) is 17.9 Å². The number of piperazine rings is 1. The fraction of sp³-hybridized carbons (Fsp3) is 0.250. The van der Waals surface area contributed by atoms with Crippen molar-refractivity contribution >= 4 is 61.4 Å². The number of halogens is 2. The molecule has 8 nitrogen and oxygen atoms in total.